The van der Waals surface area contributed by atoms with E-state index in [1.165, 1.54) is 11.1 Å². The van der Waals surface area contributed by atoms with Crippen LogP contribution in [-0.2, 0) is 29.2 Å². The zero-order chi connectivity index (χ0) is 13.8. The molecule has 1 aliphatic heterocycles. The fraction of sp³-hybridized carbons (Fsp3) is 0.400. The van der Waals surface area contributed by atoms with Crippen LogP contribution in [0.1, 0.15) is 17.0 Å². The molecule has 5 heteroatoms. The van der Waals surface area contributed by atoms with Crippen molar-refractivity contribution in [1.29, 1.82) is 0 Å². The Bertz CT molecular complexity index is 580. The van der Waals surface area contributed by atoms with E-state index >= 15 is 0 Å². The van der Waals surface area contributed by atoms with E-state index < -0.39 is 0 Å². The lowest BCUT2D eigenvalue weighted by molar-refractivity contribution is 0.134. The molecule has 20 heavy (non-hydrogen) atoms. The van der Waals surface area contributed by atoms with Gasteiger partial charge in [0.05, 0.1) is 32.6 Å². The van der Waals surface area contributed by atoms with E-state index in [0.29, 0.717) is 32.3 Å². The molecule has 5 nitrogen and oxygen atoms in total. The van der Waals surface area contributed by atoms with E-state index in [1.807, 2.05) is 0 Å². The van der Waals surface area contributed by atoms with Gasteiger partial charge in [-0.05, 0) is 17.2 Å². The van der Waals surface area contributed by atoms with E-state index in [1.54, 1.807) is 13.3 Å². The molecule has 0 unspecified atom stereocenters. The quantitative estimate of drug-likeness (QED) is 0.818. The van der Waals surface area contributed by atoms with Crippen molar-refractivity contribution in [2.45, 2.75) is 19.8 Å². The lowest BCUT2D eigenvalue weighted by atomic mass is 10.1. The molecular formula is C15H18N2O3. The predicted molar refractivity (Wildman–Crippen MR) is 74.0 cm³/mol. The van der Waals surface area contributed by atoms with E-state index in [-0.39, 0.29) is 0 Å². The highest BCUT2D eigenvalue weighted by atomic mass is 16.5. The Morgan fingerprint density at radius 3 is 3.10 bits per heavy atom. The first-order valence-electron chi connectivity index (χ1n) is 6.71. The molecule has 0 fully saturated rings. The van der Waals surface area contributed by atoms with Crippen molar-refractivity contribution >= 4 is 0 Å². The Morgan fingerprint density at radius 2 is 2.20 bits per heavy atom. The van der Waals surface area contributed by atoms with Crippen molar-refractivity contribution in [3.8, 4) is 11.3 Å². The summed E-state index contributed by atoms with van der Waals surface area (Å²) in [6, 6.07) is 6.26. The maximum absolute atomic E-state index is 5.75. The van der Waals surface area contributed by atoms with Gasteiger partial charge in [-0.2, -0.15) is 0 Å². The molecule has 0 atom stereocenters. The van der Waals surface area contributed by atoms with E-state index in [2.05, 4.69) is 28.5 Å². The Balaban J connectivity index is 1.67. The Labute approximate surface area is 117 Å². The molecule has 0 saturated heterocycles. The molecule has 1 aromatic carbocycles. The van der Waals surface area contributed by atoms with Crippen molar-refractivity contribution in [3.05, 3.63) is 41.4 Å². The van der Waals surface area contributed by atoms with Crippen LogP contribution in [0.15, 0.2) is 28.8 Å². The van der Waals surface area contributed by atoms with Gasteiger partial charge < -0.3 is 19.2 Å². The number of methoxy groups -OCH3 is 1. The number of nitrogens with zero attached hydrogens (tertiary/aromatic N) is 1. The van der Waals surface area contributed by atoms with E-state index in [0.717, 1.165) is 17.9 Å². The number of oxazole rings is 1. The van der Waals surface area contributed by atoms with Crippen LogP contribution < -0.4 is 5.32 Å². The van der Waals surface area contributed by atoms with Gasteiger partial charge in [-0.15, -0.1) is 0 Å². The maximum Gasteiger partial charge on any atom is 0.208 e. The summed E-state index contributed by atoms with van der Waals surface area (Å²) in [7, 11) is 1.68. The summed E-state index contributed by atoms with van der Waals surface area (Å²) in [5.41, 5.74) is 3.54. The third-order valence-electron chi connectivity index (χ3n) is 3.32. The van der Waals surface area contributed by atoms with Crippen LogP contribution in [0.3, 0.4) is 0 Å². The summed E-state index contributed by atoms with van der Waals surface area (Å²) in [6.45, 7) is 3.46. The van der Waals surface area contributed by atoms with Gasteiger partial charge in [0, 0.05) is 19.2 Å². The summed E-state index contributed by atoms with van der Waals surface area (Å²) in [5.74, 6) is 1.48. The third-order valence-corrected chi connectivity index (χ3v) is 3.32. The first-order chi connectivity index (χ1) is 9.86. The Kier molecular flexibility index (Phi) is 4.11. The van der Waals surface area contributed by atoms with Crippen LogP contribution in [0.2, 0.25) is 0 Å². The lowest BCUT2D eigenvalue weighted by Crippen LogP contribution is -2.18. The number of benzene rings is 1. The van der Waals surface area contributed by atoms with Crippen LogP contribution in [0.5, 0.6) is 0 Å². The maximum atomic E-state index is 5.75. The molecule has 0 spiro atoms. The molecule has 1 N–H and O–H groups in total. The van der Waals surface area contributed by atoms with Crippen LogP contribution in [-0.4, -0.2) is 25.2 Å². The first-order valence-corrected chi connectivity index (χ1v) is 6.71. The highest BCUT2D eigenvalue weighted by Crippen LogP contribution is 2.27. The van der Waals surface area contributed by atoms with Gasteiger partial charge in [-0.3, -0.25) is 0 Å². The van der Waals surface area contributed by atoms with Gasteiger partial charge in [0.25, 0.3) is 0 Å². The second-order valence-corrected chi connectivity index (χ2v) is 4.76. The molecule has 2 aromatic rings. The number of fused-ring (bicyclic) bond motifs is 1. The second-order valence-electron chi connectivity index (χ2n) is 4.76. The third kappa shape index (κ3) is 2.90. The fourth-order valence-corrected chi connectivity index (χ4v) is 2.22. The molecule has 106 valence electrons. The van der Waals surface area contributed by atoms with Gasteiger partial charge >= 0.3 is 0 Å². The minimum atomic E-state index is 0.609. The Morgan fingerprint density at radius 1 is 1.30 bits per heavy atom. The molecule has 1 aromatic heterocycles. The largest absolute Gasteiger partial charge is 0.439 e. The van der Waals surface area contributed by atoms with Crippen molar-refractivity contribution < 1.29 is 13.9 Å². The number of nitrogens with one attached hydrogen (secondary N) is 1. The molecule has 0 radical (unpaired) electrons. The fourth-order valence-electron chi connectivity index (χ4n) is 2.22. The summed E-state index contributed by atoms with van der Waals surface area (Å²) in [6.07, 6.45) is 1.77. The highest BCUT2D eigenvalue weighted by molar-refractivity contribution is 5.59. The van der Waals surface area contributed by atoms with Gasteiger partial charge in [0.15, 0.2) is 5.76 Å². The summed E-state index contributed by atoms with van der Waals surface area (Å²) in [5, 5.41) is 3.21. The van der Waals surface area contributed by atoms with Crippen molar-refractivity contribution in [3.63, 3.8) is 0 Å². The van der Waals surface area contributed by atoms with Gasteiger partial charge in [0.2, 0.25) is 5.89 Å². The molecule has 0 saturated carbocycles. The van der Waals surface area contributed by atoms with Crippen LogP contribution in [0, 0.1) is 0 Å². The highest BCUT2D eigenvalue weighted by Gasteiger charge is 2.13. The van der Waals surface area contributed by atoms with E-state index in [9.17, 15) is 0 Å². The number of rotatable bonds is 6. The topological polar surface area (TPSA) is 56.5 Å². The molecular weight excluding hydrogens is 256 g/mol. The molecule has 0 aliphatic carbocycles. The predicted octanol–water partition coefficient (Wildman–Crippen LogP) is 2.11. The molecule has 0 amide bonds. The summed E-state index contributed by atoms with van der Waals surface area (Å²) >= 11 is 0. The van der Waals surface area contributed by atoms with Gasteiger partial charge in [-0.25, -0.2) is 4.98 Å². The van der Waals surface area contributed by atoms with Crippen molar-refractivity contribution in [2.75, 3.05) is 20.3 Å². The molecule has 0 bridgehead atoms. The van der Waals surface area contributed by atoms with Crippen molar-refractivity contribution in [1.82, 2.24) is 10.3 Å². The number of aromatic nitrogens is 1. The number of ether oxygens (including phenoxy) is 2. The zero-order valence-electron chi connectivity index (χ0n) is 11.5. The SMILES string of the molecule is COCCNCc1ncc(-c2ccc3c(c2)COC3)o1. The number of hydrogen-bond donors (Lipinski definition) is 1. The molecule has 1 aliphatic rings. The minimum absolute atomic E-state index is 0.609. The zero-order valence-corrected chi connectivity index (χ0v) is 11.5. The lowest BCUT2D eigenvalue weighted by Gasteiger charge is -2.01. The van der Waals surface area contributed by atoms with Crippen LogP contribution in [0.4, 0.5) is 0 Å². The van der Waals surface area contributed by atoms with Crippen molar-refractivity contribution in [2.24, 2.45) is 0 Å². The standard InChI is InChI=1S/C15H18N2O3/c1-18-5-4-16-8-15-17-7-14(20-15)11-2-3-12-9-19-10-13(12)6-11/h2-3,6-7,16H,4-5,8-10H2,1H3. The van der Waals surface area contributed by atoms with E-state index in [4.69, 9.17) is 13.9 Å². The first kappa shape index (κ1) is 13.3. The second kappa shape index (κ2) is 6.17. The Hall–Kier alpha value is -1.69. The summed E-state index contributed by atoms with van der Waals surface area (Å²) < 4.78 is 16.1. The van der Waals surface area contributed by atoms with Crippen LogP contribution >= 0.6 is 0 Å². The summed E-state index contributed by atoms with van der Waals surface area (Å²) in [4.78, 5) is 4.28. The smallest absolute Gasteiger partial charge is 0.208 e. The average molecular weight is 274 g/mol. The van der Waals surface area contributed by atoms with Gasteiger partial charge in [0.1, 0.15) is 0 Å². The van der Waals surface area contributed by atoms with Crippen LogP contribution in [0.25, 0.3) is 11.3 Å². The molecule has 2 heterocycles. The normalized spacial score (nSPS) is 13.7. The number of hydrogen-bond acceptors (Lipinski definition) is 5. The monoisotopic (exact) mass is 274 g/mol. The van der Waals surface area contributed by atoms with Gasteiger partial charge in [-0.1, -0.05) is 12.1 Å². The average Bonchev–Trinajstić information content (AvgIpc) is 3.11. The minimum Gasteiger partial charge on any atom is -0.439 e. The molecule has 3 rings (SSSR count).